The summed E-state index contributed by atoms with van der Waals surface area (Å²) in [5, 5.41) is 5.53. The van der Waals surface area contributed by atoms with Crippen LogP contribution in [0.3, 0.4) is 0 Å². The molecule has 1 aromatic heterocycles. The van der Waals surface area contributed by atoms with Crippen molar-refractivity contribution in [3.8, 4) is 0 Å². The summed E-state index contributed by atoms with van der Waals surface area (Å²) in [5.74, 6) is -0.301. The van der Waals surface area contributed by atoms with Gasteiger partial charge in [-0.05, 0) is 37.8 Å². The second-order valence-corrected chi connectivity index (χ2v) is 6.63. The van der Waals surface area contributed by atoms with E-state index in [9.17, 15) is 4.79 Å². The second kappa shape index (κ2) is 7.44. The Labute approximate surface area is 148 Å². The highest BCUT2D eigenvalue weighted by molar-refractivity contribution is 6.03. The van der Waals surface area contributed by atoms with Gasteiger partial charge in [-0.3, -0.25) is 4.68 Å². The number of fused-ring (bicyclic) bond motifs is 1. The Morgan fingerprint density at radius 2 is 2.16 bits per heavy atom. The normalized spacial score (nSPS) is 15.5. The highest BCUT2D eigenvalue weighted by Gasteiger charge is 2.26. The third-order valence-electron chi connectivity index (χ3n) is 5.07. The molecule has 2 aromatic rings. The van der Waals surface area contributed by atoms with Gasteiger partial charge in [-0.15, -0.1) is 0 Å². The number of benzene rings is 1. The molecule has 136 valence electrons. The molecule has 1 aliphatic rings. The highest BCUT2D eigenvalue weighted by Crippen LogP contribution is 2.35. The first-order chi connectivity index (χ1) is 12.1. The summed E-state index contributed by atoms with van der Waals surface area (Å²) in [7, 11) is 3.34. The van der Waals surface area contributed by atoms with Crippen LogP contribution in [0.15, 0.2) is 12.3 Å². The Hall–Kier alpha value is -2.08. The van der Waals surface area contributed by atoms with Gasteiger partial charge in [-0.2, -0.15) is 5.10 Å². The topological polar surface area (TPSA) is 56.6 Å². The van der Waals surface area contributed by atoms with E-state index in [0.717, 1.165) is 61.2 Å². The molecule has 25 heavy (non-hydrogen) atoms. The van der Waals surface area contributed by atoms with E-state index in [1.165, 1.54) is 7.11 Å². The number of aryl methyl sites for hydroxylation is 2. The minimum absolute atomic E-state index is 0.301. The molecule has 0 radical (unpaired) electrons. The molecule has 1 aliphatic heterocycles. The number of nitrogens with zero attached hydrogens (tertiary/aromatic N) is 3. The van der Waals surface area contributed by atoms with Crippen molar-refractivity contribution in [1.82, 2.24) is 9.78 Å². The summed E-state index contributed by atoms with van der Waals surface area (Å²) in [6, 6.07) is 2.40. The maximum atomic E-state index is 12.3. The van der Waals surface area contributed by atoms with Crippen LogP contribution in [0.4, 0.5) is 5.69 Å². The molecule has 3 rings (SSSR count). The number of methoxy groups -OCH3 is 1. The van der Waals surface area contributed by atoms with Gasteiger partial charge < -0.3 is 14.4 Å². The van der Waals surface area contributed by atoms with E-state index in [-0.39, 0.29) is 5.97 Å². The lowest BCUT2D eigenvalue weighted by Gasteiger charge is -2.36. The molecule has 6 heteroatoms. The second-order valence-electron chi connectivity index (χ2n) is 6.63. The van der Waals surface area contributed by atoms with Crippen LogP contribution in [-0.2, 0) is 16.5 Å². The number of carbonyl (C=O) groups is 1. The van der Waals surface area contributed by atoms with Crippen molar-refractivity contribution in [2.75, 3.05) is 31.8 Å². The molecule has 1 saturated heterocycles. The molecule has 1 fully saturated rings. The van der Waals surface area contributed by atoms with Crippen LogP contribution < -0.4 is 4.90 Å². The van der Waals surface area contributed by atoms with Gasteiger partial charge in [0, 0.05) is 43.9 Å². The highest BCUT2D eigenvalue weighted by atomic mass is 16.5. The maximum Gasteiger partial charge on any atom is 0.338 e. The molecule has 0 spiro atoms. The number of hydrogen-bond donors (Lipinski definition) is 0. The van der Waals surface area contributed by atoms with E-state index in [1.54, 1.807) is 0 Å². The van der Waals surface area contributed by atoms with Gasteiger partial charge in [-0.1, -0.05) is 6.92 Å². The number of ether oxygens (including phenoxy) is 2. The van der Waals surface area contributed by atoms with Crippen LogP contribution >= 0.6 is 0 Å². The lowest BCUT2D eigenvalue weighted by Crippen LogP contribution is -2.40. The number of hydrogen-bond acceptors (Lipinski definition) is 5. The van der Waals surface area contributed by atoms with Crippen LogP contribution in [0.2, 0.25) is 0 Å². The predicted octanol–water partition coefficient (Wildman–Crippen LogP) is 3.06. The van der Waals surface area contributed by atoms with Crippen LogP contribution in [-0.4, -0.2) is 48.7 Å². The number of aromatic nitrogens is 2. The van der Waals surface area contributed by atoms with Gasteiger partial charge >= 0.3 is 5.97 Å². The lowest BCUT2D eigenvalue weighted by molar-refractivity contribution is 0.0600. The van der Waals surface area contributed by atoms with Crippen molar-refractivity contribution in [2.45, 2.75) is 39.2 Å². The van der Waals surface area contributed by atoms with Crippen molar-refractivity contribution < 1.29 is 14.3 Å². The summed E-state index contributed by atoms with van der Waals surface area (Å²) < 4.78 is 12.4. The van der Waals surface area contributed by atoms with Crippen LogP contribution in [0, 0.1) is 6.92 Å². The third kappa shape index (κ3) is 3.23. The summed E-state index contributed by atoms with van der Waals surface area (Å²) in [6.07, 6.45) is 4.95. The first kappa shape index (κ1) is 17.7. The SMILES string of the molecule is CCCN(c1cc(C(=O)OC)c(C)c2c1cnn2C)C1CCOCC1. The van der Waals surface area contributed by atoms with E-state index in [1.807, 2.05) is 30.9 Å². The van der Waals surface area contributed by atoms with Crippen molar-refractivity contribution >= 4 is 22.6 Å². The molecule has 0 unspecified atom stereocenters. The fourth-order valence-electron chi connectivity index (χ4n) is 3.82. The number of carbonyl (C=O) groups excluding carboxylic acids is 1. The molecule has 0 saturated carbocycles. The summed E-state index contributed by atoms with van der Waals surface area (Å²) in [5.41, 5.74) is 3.59. The quantitative estimate of drug-likeness (QED) is 0.780. The molecule has 0 bridgehead atoms. The minimum atomic E-state index is -0.301. The molecule has 0 atom stereocenters. The van der Waals surface area contributed by atoms with Gasteiger partial charge in [0.1, 0.15) is 0 Å². The zero-order valence-corrected chi connectivity index (χ0v) is 15.5. The Balaban J connectivity index is 2.18. The molecule has 1 aromatic carbocycles. The van der Waals surface area contributed by atoms with E-state index in [0.29, 0.717) is 11.6 Å². The van der Waals surface area contributed by atoms with E-state index in [4.69, 9.17) is 9.47 Å². The van der Waals surface area contributed by atoms with E-state index >= 15 is 0 Å². The van der Waals surface area contributed by atoms with Gasteiger partial charge in [-0.25, -0.2) is 4.79 Å². The van der Waals surface area contributed by atoms with Crippen LogP contribution in [0.5, 0.6) is 0 Å². The van der Waals surface area contributed by atoms with Gasteiger partial charge in [0.05, 0.1) is 24.4 Å². The van der Waals surface area contributed by atoms with E-state index < -0.39 is 0 Å². The summed E-state index contributed by atoms with van der Waals surface area (Å²) >= 11 is 0. The maximum absolute atomic E-state index is 12.3. The standard InChI is InChI=1S/C19H27N3O3/c1-5-8-22(14-6-9-25-10-7-14)17-11-15(19(23)24-4)13(2)18-16(17)12-20-21(18)3/h11-12,14H,5-10H2,1-4H3. The molecular formula is C19H27N3O3. The van der Waals surface area contributed by atoms with Gasteiger partial charge in [0.25, 0.3) is 0 Å². The Morgan fingerprint density at radius 1 is 1.44 bits per heavy atom. The zero-order chi connectivity index (χ0) is 18.0. The molecule has 0 N–H and O–H groups in total. The third-order valence-corrected chi connectivity index (χ3v) is 5.07. The molecule has 6 nitrogen and oxygen atoms in total. The smallest absolute Gasteiger partial charge is 0.338 e. The summed E-state index contributed by atoms with van der Waals surface area (Å²) in [4.78, 5) is 14.8. The fraction of sp³-hybridized carbons (Fsp3) is 0.579. The van der Waals surface area contributed by atoms with Crippen LogP contribution in [0.1, 0.15) is 42.1 Å². The molecule has 0 aliphatic carbocycles. The Kier molecular flexibility index (Phi) is 5.27. The summed E-state index contributed by atoms with van der Waals surface area (Å²) in [6.45, 7) is 6.66. The first-order valence-electron chi connectivity index (χ1n) is 8.96. The van der Waals surface area contributed by atoms with Crippen molar-refractivity contribution in [3.63, 3.8) is 0 Å². The Morgan fingerprint density at radius 3 is 2.80 bits per heavy atom. The van der Waals surface area contributed by atoms with Gasteiger partial charge in [0.2, 0.25) is 0 Å². The zero-order valence-electron chi connectivity index (χ0n) is 15.5. The monoisotopic (exact) mass is 345 g/mol. The number of anilines is 1. The largest absolute Gasteiger partial charge is 0.465 e. The first-order valence-corrected chi connectivity index (χ1v) is 8.96. The number of esters is 1. The van der Waals surface area contributed by atoms with Crippen molar-refractivity contribution in [3.05, 3.63) is 23.4 Å². The lowest BCUT2D eigenvalue weighted by atomic mass is 9.99. The molecule has 2 heterocycles. The van der Waals surface area contributed by atoms with Crippen molar-refractivity contribution in [2.24, 2.45) is 7.05 Å². The van der Waals surface area contributed by atoms with Crippen LogP contribution in [0.25, 0.3) is 10.9 Å². The average Bonchev–Trinajstić information content (AvgIpc) is 3.03. The van der Waals surface area contributed by atoms with Gasteiger partial charge in [0.15, 0.2) is 0 Å². The van der Waals surface area contributed by atoms with Crippen molar-refractivity contribution in [1.29, 1.82) is 0 Å². The number of rotatable bonds is 5. The fourth-order valence-corrected chi connectivity index (χ4v) is 3.82. The molecule has 0 amide bonds. The predicted molar refractivity (Wildman–Crippen MR) is 98.3 cm³/mol. The Bertz CT molecular complexity index is 763. The minimum Gasteiger partial charge on any atom is -0.465 e. The van der Waals surface area contributed by atoms with E-state index in [2.05, 4.69) is 16.9 Å². The molecular weight excluding hydrogens is 318 g/mol. The average molecular weight is 345 g/mol.